The first-order valence-corrected chi connectivity index (χ1v) is 8.61. The van der Waals surface area contributed by atoms with Crippen LogP contribution >= 0.6 is 0 Å². The molecule has 0 aliphatic heterocycles. The fraction of sp³-hybridized carbons (Fsp3) is 0.250. The zero-order valence-electron chi connectivity index (χ0n) is 13.1. The molecule has 5 nitrogen and oxygen atoms in total. The summed E-state index contributed by atoms with van der Waals surface area (Å²) in [5, 5.41) is 0. The van der Waals surface area contributed by atoms with Gasteiger partial charge in [0.15, 0.2) is 0 Å². The Morgan fingerprint density at radius 2 is 1.79 bits per heavy atom. The van der Waals surface area contributed by atoms with E-state index in [1.807, 2.05) is 6.92 Å². The van der Waals surface area contributed by atoms with Crippen molar-refractivity contribution in [2.45, 2.75) is 25.4 Å². The minimum atomic E-state index is -3.95. The second-order valence-electron chi connectivity index (χ2n) is 4.89. The van der Waals surface area contributed by atoms with E-state index in [-0.39, 0.29) is 16.3 Å². The van der Waals surface area contributed by atoms with E-state index in [1.54, 1.807) is 13.0 Å². The van der Waals surface area contributed by atoms with Crippen LogP contribution in [0.4, 0.5) is 14.5 Å². The molecule has 2 rings (SSSR count). The number of rotatable bonds is 7. The molecule has 0 aliphatic carbocycles. The predicted octanol–water partition coefficient (Wildman–Crippen LogP) is 3.80. The molecule has 0 saturated carbocycles. The van der Waals surface area contributed by atoms with E-state index in [0.717, 1.165) is 0 Å². The molecule has 8 heteroatoms. The summed E-state index contributed by atoms with van der Waals surface area (Å²) in [6.07, 6.45) is 0. The van der Waals surface area contributed by atoms with Crippen LogP contribution in [0.25, 0.3) is 0 Å². The Kier molecular flexibility index (Phi) is 5.61. The Morgan fingerprint density at radius 1 is 1.12 bits per heavy atom. The molecule has 0 aliphatic rings. The molecule has 0 amide bonds. The predicted molar refractivity (Wildman–Crippen MR) is 86.2 cm³/mol. The number of benzene rings is 2. The monoisotopic (exact) mass is 357 g/mol. The summed E-state index contributed by atoms with van der Waals surface area (Å²) in [4.78, 5) is -0.0190. The van der Waals surface area contributed by atoms with Crippen LogP contribution in [-0.4, -0.2) is 21.6 Å². The maximum Gasteiger partial charge on any atom is 0.387 e. The van der Waals surface area contributed by atoms with Crippen molar-refractivity contribution in [3.05, 3.63) is 48.0 Å². The highest BCUT2D eigenvalue weighted by Crippen LogP contribution is 2.29. The third kappa shape index (κ3) is 4.58. The number of nitrogens with one attached hydrogen (secondary N) is 1. The fourth-order valence-electron chi connectivity index (χ4n) is 1.99. The van der Waals surface area contributed by atoms with E-state index >= 15 is 0 Å². The van der Waals surface area contributed by atoms with Gasteiger partial charge in [0.1, 0.15) is 11.5 Å². The van der Waals surface area contributed by atoms with Gasteiger partial charge >= 0.3 is 6.61 Å². The number of alkyl halides is 2. The Balaban J connectivity index is 2.28. The van der Waals surface area contributed by atoms with E-state index in [1.165, 1.54) is 36.4 Å². The van der Waals surface area contributed by atoms with Crippen LogP contribution in [0.15, 0.2) is 47.4 Å². The van der Waals surface area contributed by atoms with E-state index in [0.29, 0.717) is 17.9 Å². The average molecular weight is 357 g/mol. The van der Waals surface area contributed by atoms with E-state index in [9.17, 15) is 17.2 Å². The summed E-state index contributed by atoms with van der Waals surface area (Å²) in [5.41, 5.74) is 0.601. The van der Waals surface area contributed by atoms with Gasteiger partial charge in [0.2, 0.25) is 0 Å². The summed E-state index contributed by atoms with van der Waals surface area (Å²) < 4.78 is 61.7. The van der Waals surface area contributed by atoms with Gasteiger partial charge in [-0.15, -0.1) is 0 Å². The van der Waals surface area contributed by atoms with Crippen molar-refractivity contribution in [3.63, 3.8) is 0 Å². The molecular formula is C16H17F2NO4S. The standard InChI is InChI=1S/C16H17F2NO4S/c1-3-22-12-5-7-13(8-6-12)24(20,21)19-14-9-4-11(2)10-15(14)23-16(17)18/h4-10,16,19H,3H2,1-2H3. The minimum absolute atomic E-state index is 0.0190. The summed E-state index contributed by atoms with van der Waals surface area (Å²) in [5.74, 6) is 0.299. The zero-order chi connectivity index (χ0) is 17.7. The molecule has 24 heavy (non-hydrogen) atoms. The lowest BCUT2D eigenvalue weighted by atomic mass is 10.2. The Morgan fingerprint density at radius 3 is 2.38 bits per heavy atom. The number of anilines is 1. The van der Waals surface area contributed by atoms with Crippen LogP contribution in [0.1, 0.15) is 12.5 Å². The van der Waals surface area contributed by atoms with Crippen LogP contribution in [0.2, 0.25) is 0 Å². The number of sulfonamides is 1. The number of aryl methyl sites for hydroxylation is 1. The van der Waals surface area contributed by atoms with Crippen LogP contribution in [0, 0.1) is 6.92 Å². The summed E-state index contributed by atoms with van der Waals surface area (Å²) >= 11 is 0. The van der Waals surface area contributed by atoms with Crippen molar-refractivity contribution >= 4 is 15.7 Å². The van der Waals surface area contributed by atoms with Gasteiger partial charge in [-0.3, -0.25) is 4.72 Å². The van der Waals surface area contributed by atoms with E-state index in [2.05, 4.69) is 9.46 Å². The molecule has 0 fully saturated rings. The second-order valence-corrected chi connectivity index (χ2v) is 6.57. The highest BCUT2D eigenvalue weighted by molar-refractivity contribution is 7.92. The Hall–Kier alpha value is -2.35. The molecule has 0 atom stereocenters. The average Bonchev–Trinajstić information content (AvgIpc) is 2.50. The first kappa shape index (κ1) is 18.0. The van der Waals surface area contributed by atoms with Crippen LogP contribution in [-0.2, 0) is 10.0 Å². The van der Waals surface area contributed by atoms with Crippen LogP contribution in [0.5, 0.6) is 11.5 Å². The molecule has 2 aromatic rings. The molecular weight excluding hydrogens is 340 g/mol. The SMILES string of the molecule is CCOc1ccc(S(=O)(=O)Nc2ccc(C)cc2OC(F)F)cc1. The molecule has 0 saturated heterocycles. The van der Waals surface area contributed by atoms with Crippen molar-refractivity contribution < 1.29 is 26.7 Å². The molecule has 0 unspecified atom stereocenters. The van der Waals surface area contributed by atoms with Gasteiger partial charge in [0.25, 0.3) is 10.0 Å². The topological polar surface area (TPSA) is 64.6 Å². The van der Waals surface area contributed by atoms with Crippen molar-refractivity contribution in [2.75, 3.05) is 11.3 Å². The smallest absolute Gasteiger partial charge is 0.387 e. The van der Waals surface area contributed by atoms with Crippen molar-refractivity contribution in [3.8, 4) is 11.5 Å². The second kappa shape index (κ2) is 7.48. The zero-order valence-corrected chi connectivity index (χ0v) is 13.9. The third-order valence-corrected chi connectivity index (χ3v) is 4.42. The minimum Gasteiger partial charge on any atom is -0.494 e. The number of hydrogen-bond acceptors (Lipinski definition) is 4. The molecule has 130 valence electrons. The highest BCUT2D eigenvalue weighted by Gasteiger charge is 2.18. The molecule has 2 aromatic carbocycles. The molecule has 0 radical (unpaired) electrons. The number of hydrogen-bond donors (Lipinski definition) is 1. The molecule has 0 heterocycles. The van der Waals surface area contributed by atoms with Gasteiger partial charge in [0.05, 0.1) is 17.2 Å². The normalized spacial score (nSPS) is 11.4. The van der Waals surface area contributed by atoms with E-state index in [4.69, 9.17) is 4.74 Å². The van der Waals surface area contributed by atoms with Crippen molar-refractivity contribution in [1.82, 2.24) is 0 Å². The van der Waals surface area contributed by atoms with Gasteiger partial charge < -0.3 is 9.47 Å². The maximum atomic E-state index is 12.5. The first-order valence-electron chi connectivity index (χ1n) is 7.13. The Bertz CT molecular complexity index is 792. The summed E-state index contributed by atoms with van der Waals surface area (Å²) in [6.45, 7) is 0.903. The summed E-state index contributed by atoms with van der Waals surface area (Å²) in [7, 11) is -3.95. The van der Waals surface area contributed by atoms with Gasteiger partial charge in [-0.2, -0.15) is 8.78 Å². The highest BCUT2D eigenvalue weighted by atomic mass is 32.2. The summed E-state index contributed by atoms with van der Waals surface area (Å²) in [6, 6.07) is 10.1. The Labute approximate surface area is 139 Å². The number of halogens is 2. The van der Waals surface area contributed by atoms with Gasteiger partial charge in [0, 0.05) is 0 Å². The lowest BCUT2D eigenvalue weighted by Crippen LogP contribution is -2.14. The van der Waals surface area contributed by atoms with Gasteiger partial charge in [-0.05, 0) is 55.8 Å². The molecule has 0 bridgehead atoms. The quantitative estimate of drug-likeness (QED) is 0.819. The third-order valence-electron chi connectivity index (χ3n) is 3.04. The molecule has 0 spiro atoms. The van der Waals surface area contributed by atoms with Gasteiger partial charge in [-0.1, -0.05) is 6.07 Å². The van der Waals surface area contributed by atoms with Crippen LogP contribution < -0.4 is 14.2 Å². The van der Waals surface area contributed by atoms with Crippen molar-refractivity contribution in [1.29, 1.82) is 0 Å². The maximum absolute atomic E-state index is 12.5. The number of ether oxygens (including phenoxy) is 2. The lowest BCUT2D eigenvalue weighted by molar-refractivity contribution is -0.0493. The molecule has 1 N–H and O–H groups in total. The lowest BCUT2D eigenvalue weighted by Gasteiger charge is -2.14. The molecule has 0 aromatic heterocycles. The first-order chi connectivity index (χ1) is 11.3. The van der Waals surface area contributed by atoms with Crippen molar-refractivity contribution in [2.24, 2.45) is 0 Å². The van der Waals surface area contributed by atoms with Crippen LogP contribution in [0.3, 0.4) is 0 Å². The van der Waals surface area contributed by atoms with E-state index < -0.39 is 16.6 Å². The fourth-order valence-corrected chi connectivity index (χ4v) is 3.06. The van der Waals surface area contributed by atoms with Gasteiger partial charge in [-0.25, -0.2) is 8.42 Å². The largest absolute Gasteiger partial charge is 0.494 e.